The Labute approximate surface area is 117 Å². The SMILES string of the molecule is CN(C)CC(C)(O)CNC(=O)CCC(C)(C)CCN. The molecule has 0 radical (unpaired) electrons. The van der Waals surface area contributed by atoms with E-state index in [-0.39, 0.29) is 17.9 Å². The van der Waals surface area contributed by atoms with E-state index < -0.39 is 5.60 Å². The predicted molar refractivity (Wildman–Crippen MR) is 78.9 cm³/mol. The molecule has 0 bridgehead atoms. The molecule has 0 aliphatic rings. The third-order valence-electron chi connectivity index (χ3n) is 3.17. The Bertz CT molecular complexity index is 276. The van der Waals surface area contributed by atoms with E-state index in [1.807, 2.05) is 19.0 Å². The average Bonchev–Trinajstić information content (AvgIpc) is 2.22. The normalized spacial score (nSPS) is 15.4. The summed E-state index contributed by atoms with van der Waals surface area (Å²) in [6.45, 7) is 7.41. The largest absolute Gasteiger partial charge is 0.387 e. The van der Waals surface area contributed by atoms with E-state index in [4.69, 9.17) is 5.73 Å². The highest BCUT2D eigenvalue weighted by Crippen LogP contribution is 2.25. The first-order valence-electron chi connectivity index (χ1n) is 6.92. The molecule has 0 spiro atoms. The zero-order chi connectivity index (χ0) is 15.1. The van der Waals surface area contributed by atoms with Crippen LogP contribution in [0.5, 0.6) is 0 Å². The van der Waals surface area contributed by atoms with Crippen molar-refractivity contribution in [2.45, 2.75) is 45.6 Å². The number of nitrogens with two attached hydrogens (primary N) is 1. The number of rotatable bonds is 9. The molecule has 0 aromatic carbocycles. The van der Waals surface area contributed by atoms with Gasteiger partial charge < -0.3 is 21.1 Å². The van der Waals surface area contributed by atoms with Gasteiger partial charge in [0.05, 0.1) is 5.60 Å². The molecule has 0 aliphatic heterocycles. The van der Waals surface area contributed by atoms with Gasteiger partial charge in [0.2, 0.25) is 5.91 Å². The zero-order valence-electron chi connectivity index (χ0n) is 13.1. The fourth-order valence-electron chi connectivity index (χ4n) is 2.08. The summed E-state index contributed by atoms with van der Waals surface area (Å²) < 4.78 is 0. The van der Waals surface area contributed by atoms with Crippen molar-refractivity contribution in [3.8, 4) is 0 Å². The Hall–Kier alpha value is -0.650. The standard InChI is InChI=1S/C14H31N3O2/c1-13(2,8-9-15)7-6-12(18)16-10-14(3,19)11-17(4)5/h19H,6-11,15H2,1-5H3,(H,16,18). The van der Waals surface area contributed by atoms with E-state index in [2.05, 4.69) is 19.2 Å². The minimum Gasteiger partial charge on any atom is -0.387 e. The van der Waals surface area contributed by atoms with E-state index in [9.17, 15) is 9.90 Å². The summed E-state index contributed by atoms with van der Waals surface area (Å²) in [5.41, 5.74) is 4.74. The van der Waals surface area contributed by atoms with Gasteiger partial charge in [0, 0.05) is 19.5 Å². The van der Waals surface area contributed by atoms with Gasteiger partial charge >= 0.3 is 0 Å². The third kappa shape index (κ3) is 9.87. The molecule has 4 N–H and O–H groups in total. The molecule has 19 heavy (non-hydrogen) atoms. The summed E-state index contributed by atoms with van der Waals surface area (Å²) in [5.74, 6) is -0.0101. The number of carbonyl (C=O) groups excluding carboxylic acids is 1. The van der Waals surface area contributed by atoms with Crippen molar-refractivity contribution in [2.75, 3.05) is 33.7 Å². The second kappa shape index (κ2) is 7.82. The summed E-state index contributed by atoms with van der Waals surface area (Å²) in [7, 11) is 3.79. The van der Waals surface area contributed by atoms with Gasteiger partial charge in [0.25, 0.3) is 0 Å². The highest BCUT2D eigenvalue weighted by Gasteiger charge is 2.23. The lowest BCUT2D eigenvalue weighted by molar-refractivity contribution is -0.122. The molecule has 0 aromatic heterocycles. The summed E-state index contributed by atoms with van der Waals surface area (Å²) in [5, 5.41) is 12.9. The molecule has 1 amide bonds. The topological polar surface area (TPSA) is 78.6 Å². The quantitative estimate of drug-likeness (QED) is 0.574. The third-order valence-corrected chi connectivity index (χ3v) is 3.17. The predicted octanol–water partition coefficient (Wildman–Crippen LogP) is 0.570. The summed E-state index contributed by atoms with van der Waals surface area (Å²) >= 11 is 0. The van der Waals surface area contributed by atoms with Crippen LogP contribution in [0.25, 0.3) is 0 Å². The Kier molecular flexibility index (Phi) is 7.55. The molecule has 0 aromatic rings. The number of hydrogen-bond acceptors (Lipinski definition) is 4. The molecule has 5 heteroatoms. The van der Waals surface area contributed by atoms with Crippen molar-refractivity contribution in [1.29, 1.82) is 0 Å². The second-order valence-corrected chi connectivity index (χ2v) is 6.71. The molecule has 0 rings (SSSR count). The molecule has 0 saturated heterocycles. The number of amides is 1. The maximum Gasteiger partial charge on any atom is 0.220 e. The lowest BCUT2D eigenvalue weighted by atomic mass is 9.84. The summed E-state index contributed by atoms with van der Waals surface area (Å²) in [4.78, 5) is 13.7. The van der Waals surface area contributed by atoms with Crippen molar-refractivity contribution in [1.82, 2.24) is 10.2 Å². The van der Waals surface area contributed by atoms with E-state index in [0.717, 1.165) is 12.8 Å². The number of nitrogens with one attached hydrogen (secondary N) is 1. The van der Waals surface area contributed by atoms with Crippen LogP contribution in [0.3, 0.4) is 0 Å². The van der Waals surface area contributed by atoms with Crippen molar-refractivity contribution in [2.24, 2.45) is 11.1 Å². The van der Waals surface area contributed by atoms with E-state index >= 15 is 0 Å². The van der Waals surface area contributed by atoms with Gasteiger partial charge in [-0.05, 0) is 45.8 Å². The maximum atomic E-state index is 11.8. The Morgan fingerprint density at radius 2 is 1.84 bits per heavy atom. The van der Waals surface area contributed by atoms with Crippen LogP contribution in [0, 0.1) is 5.41 Å². The fourth-order valence-corrected chi connectivity index (χ4v) is 2.08. The Morgan fingerprint density at radius 3 is 2.32 bits per heavy atom. The first-order chi connectivity index (χ1) is 8.58. The minimum absolute atomic E-state index is 0.0101. The van der Waals surface area contributed by atoms with Crippen molar-refractivity contribution >= 4 is 5.91 Å². The van der Waals surface area contributed by atoms with Gasteiger partial charge in [0.1, 0.15) is 0 Å². The lowest BCUT2D eigenvalue weighted by Gasteiger charge is -2.27. The van der Waals surface area contributed by atoms with Crippen LogP contribution in [0.2, 0.25) is 0 Å². The Morgan fingerprint density at radius 1 is 1.26 bits per heavy atom. The summed E-state index contributed by atoms with van der Waals surface area (Å²) in [6.07, 6.45) is 2.20. The molecular formula is C14H31N3O2. The molecule has 0 heterocycles. The molecule has 0 fully saturated rings. The molecule has 0 aliphatic carbocycles. The van der Waals surface area contributed by atoms with Crippen LogP contribution in [-0.4, -0.2) is 55.2 Å². The fraction of sp³-hybridized carbons (Fsp3) is 0.929. The van der Waals surface area contributed by atoms with Crippen LogP contribution in [-0.2, 0) is 4.79 Å². The van der Waals surface area contributed by atoms with Crippen LogP contribution in [0.15, 0.2) is 0 Å². The number of aliphatic hydroxyl groups is 1. The van der Waals surface area contributed by atoms with Crippen LogP contribution >= 0.6 is 0 Å². The number of nitrogens with zero attached hydrogens (tertiary/aromatic N) is 1. The van der Waals surface area contributed by atoms with Gasteiger partial charge in [-0.15, -0.1) is 0 Å². The van der Waals surface area contributed by atoms with E-state index in [1.54, 1.807) is 6.92 Å². The highest BCUT2D eigenvalue weighted by molar-refractivity contribution is 5.75. The van der Waals surface area contributed by atoms with Crippen LogP contribution in [0.1, 0.15) is 40.0 Å². The van der Waals surface area contributed by atoms with Crippen molar-refractivity contribution in [3.63, 3.8) is 0 Å². The molecular weight excluding hydrogens is 242 g/mol. The molecule has 5 nitrogen and oxygen atoms in total. The van der Waals surface area contributed by atoms with Gasteiger partial charge in [-0.3, -0.25) is 4.79 Å². The smallest absolute Gasteiger partial charge is 0.220 e. The molecule has 0 saturated carbocycles. The van der Waals surface area contributed by atoms with Gasteiger partial charge in [-0.1, -0.05) is 13.8 Å². The van der Waals surface area contributed by atoms with Crippen molar-refractivity contribution < 1.29 is 9.90 Å². The second-order valence-electron chi connectivity index (χ2n) is 6.71. The highest BCUT2D eigenvalue weighted by atomic mass is 16.3. The minimum atomic E-state index is -0.897. The van der Waals surface area contributed by atoms with Crippen LogP contribution in [0.4, 0.5) is 0 Å². The Balaban J connectivity index is 3.99. The lowest BCUT2D eigenvalue weighted by Crippen LogP contribution is -2.47. The molecule has 114 valence electrons. The first-order valence-corrected chi connectivity index (χ1v) is 6.92. The van der Waals surface area contributed by atoms with Crippen molar-refractivity contribution in [3.05, 3.63) is 0 Å². The maximum absolute atomic E-state index is 11.8. The number of hydrogen-bond donors (Lipinski definition) is 3. The monoisotopic (exact) mass is 273 g/mol. The van der Waals surface area contributed by atoms with Gasteiger partial charge in [0.15, 0.2) is 0 Å². The summed E-state index contributed by atoms with van der Waals surface area (Å²) in [6, 6.07) is 0. The number of likely N-dealkylation sites (N-methyl/N-ethyl adjacent to an activating group) is 1. The average molecular weight is 273 g/mol. The first kappa shape index (κ1) is 18.4. The van der Waals surface area contributed by atoms with E-state index in [1.165, 1.54) is 0 Å². The molecule has 1 unspecified atom stereocenters. The van der Waals surface area contributed by atoms with E-state index in [0.29, 0.717) is 19.5 Å². The van der Waals surface area contributed by atoms with Crippen LogP contribution < -0.4 is 11.1 Å². The number of carbonyl (C=O) groups is 1. The van der Waals surface area contributed by atoms with Gasteiger partial charge in [-0.25, -0.2) is 0 Å². The van der Waals surface area contributed by atoms with Gasteiger partial charge in [-0.2, -0.15) is 0 Å². The zero-order valence-corrected chi connectivity index (χ0v) is 13.1. The molecule has 1 atom stereocenters.